The standard InChI is InChI=1S/CH2O3.Na.6H2O.H/c2-1(3)4;;;;;;;;/h(H2,2,3,4);;6*1H2;/q;+1;;;;;;;-1. The van der Waals surface area contributed by atoms with Crippen LogP contribution in [0.1, 0.15) is 1.43 Å². The maximum atomic E-state index is 8.56. The molecule has 0 aromatic heterocycles. The fraction of sp³-hybridized carbons (Fsp3) is 0. The summed E-state index contributed by atoms with van der Waals surface area (Å²) in [7, 11) is 0. The molecule has 0 fully saturated rings. The zero-order valence-corrected chi connectivity index (χ0v) is 7.80. The third kappa shape index (κ3) is 719000. The van der Waals surface area contributed by atoms with Crippen LogP contribution in [0, 0.1) is 0 Å². The van der Waals surface area contributed by atoms with E-state index < -0.39 is 6.16 Å². The van der Waals surface area contributed by atoms with Crippen molar-refractivity contribution in [1.29, 1.82) is 0 Å². The quantitative estimate of drug-likeness (QED) is 0.356. The van der Waals surface area contributed by atoms with Crippen molar-refractivity contribution < 1.29 is 78.8 Å². The Hall–Kier alpha value is 0.0300. The Bertz CT molecular complexity index is 37.5. The summed E-state index contributed by atoms with van der Waals surface area (Å²) in [6, 6.07) is 0. The van der Waals surface area contributed by atoms with E-state index >= 15 is 0 Å². The Morgan fingerprint density at radius 1 is 0.818 bits per heavy atom. The summed E-state index contributed by atoms with van der Waals surface area (Å²) in [5.41, 5.74) is 0. The van der Waals surface area contributed by atoms with Gasteiger partial charge in [-0.05, 0) is 0 Å². The van der Waals surface area contributed by atoms with E-state index in [9.17, 15) is 0 Å². The van der Waals surface area contributed by atoms with Gasteiger partial charge in [0, 0.05) is 0 Å². The first-order valence-electron chi connectivity index (χ1n) is 0.651. The van der Waals surface area contributed by atoms with Crippen molar-refractivity contribution in [2.75, 3.05) is 0 Å². The molecule has 11 heavy (non-hydrogen) atoms. The van der Waals surface area contributed by atoms with Gasteiger partial charge >= 0.3 is 35.7 Å². The third-order valence-electron chi connectivity index (χ3n) is 0. The van der Waals surface area contributed by atoms with Crippen molar-refractivity contribution in [3.63, 3.8) is 0 Å². The Balaban J connectivity index is -0.00000000161. The Morgan fingerprint density at radius 3 is 0.818 bits per heavy atom. The maximum Gasteiger partial charge on any atom is 1.00 e. The van der Waals surface area contributed by atoms with Crippen LogP contribution in [0.15, 0.2) is 0 Å². The molecule has 10 heteroatoms. The molecule has 0 aliphatic carbocycles. The van der Waals surface area contributed by atoms with Crippen molar-refractivity contribution in [2.24, 2.45) is 0 Å². The molecule has 9 nitrogen and oxygen atoms in total. The van der Waals surface area contributed by atoms with E-state index in [-0.39, 0.29) is 63.8 Å². The van der Waals surface area contributed by atoms with Crippen LogP contribution in [0.3, 0.4) is 0 Å². The van der Waals surface area contributed by atoms with Crippen LogP contribution in [0.5, 0.6) is 0 Å². The fourth-order valence-electron chi connectivity index (χ4n) is 0. The molecule has 74 valence electrons. The second-order valence-electron chi connectivity index (χ2n) is 0.283. The predicted molar refractivity (Wildman–Crippen MR) is 33.4 cm³/mol. The molecule has 0 aromatic carbocycles. The van der Waals surface area contributed by atoms with Gasteiger partial charge in [0.1, 0.15) is 0 Å². The zero-order valence-electron chi connectivity index (χ0n) is 6.80. The van der Waals surface area contributed by atoms with Crippen LogP contribution in [0.2, 0.25) is 0 Å². The second-order valence-corrected chi connectivity index (χ2v) is 0.283. The minimum Gasteiger partial charge on any atom is -1.00 e. The maximum absolute atomic E-state index is 8.56. The molecule has 0 unspecified atom stereocenters. The van der Waals surface area contributed by atoms with Gasteiger partial charge in [0.15, 0.2) is 0 Å². The van der Waals surface area contributed by atoms with E-state index in [0.29, 0.717) is 0 Å². The summed E-state index contributed by atoms with van der Waals surface area (Å²) >= 11 is 0. The van der Waals surface area contributed by atoms with E-state index in [0.717, 1.165) is 0 Å². The summed E-state index contributed by atoms with van der Waals surface area (Å²) in [6.45, 7) is 0. The van der Waals surface area contributed by atoms with Crippen LogP contribution >= 0.6 is 0 Å². The van der Waals surface area contributed by atoms with E-state index in [2.05, 4.69) is 0 Å². The average molecular weight is 194 g/mol. The first kappa shape index (κ1) is 121. The summed E-state index contributed by atoms with van der Waals surface area (Å²) in [4.78, 5) is 8.56. The summed E-state index contributed by atoms with van der Waals surface area (Å²) < 4.78 is 0. The number of carbonyl (C=O) groups is 1. The minimum absolute atomic E-state index is 0. The summed E-state index contributed by atoms with van der Waals surface area (Å²) in [6.07, 6.45) is -1.83. The Morgan fingerprint density at radius 2 is 0.818 bits per heavy atom. The predicted octanol–water partition coefficient (Wildman–Crippen LogP) is -7.61. The van der Waals surface area contributed by atoms with Gasteiger partial charge in [-0.2, -0.15) is 0 Å². The Kier molecular flexibility index (Phi) is 979. The van der Waals surface area contributed by atoms with Gasteiger partial charge in [-0.3, -0.25) is 0 Å². The van der Waals surface area contributed by atoms with Gasteiger partial charge < -0.3 is 44.5 Å². The second kappa shape index (κ2) is 89.1. The zero-order chi connectivity index (χ0) is 3.58. The minimum atomic E-state index is -1.83. The van der Waals surface area contributed by atoms with Crippen LogP contribution < -0.4 is 29.6 Å². The van der Waals surface area contributed by atoms with Crippen molar-refractivity contribution in [1.82, 2.24) is 0 Å². The molecular weight excluding hydrogens is 179 g/mol. The normalized spacial score (nSPS) is 2.18. The van der Waals surface area contributed by atoms with E-state index in [1.54, 1.807) is 0 Å². The van der Waals surface area contributed by atoms with E-state index in [1.807, 2.05) is 0 Å². The van der Waals surface area contributed by atoms with Crippen LogP contribution in [0.25, 0.3) is 0 Å². The largest absolute Gasteiger partial charge is 1.00 e. The average Bonchev–Trinajstić information content (AvgIpc) is 0.811. The molecule has 0 saturated carbocycles. The van der Waals surface area contributed by atoms with E-state index in [1.165, 1.54) is 0 Å². The molecule has 0 heterocycles. The van der Waals surface area contributed by atoms with Crippen molar-refractivity contribution in [3.05, 3.63) is 0 Å². The van der Waals surface area contributed by atoms with Crippen LogP contribution in [-0.4, -0.2) is 49.2 Å². The topological polar surface area (TPSA) is 247 Å². The SMILES string of the molecule is O.O.O.O.O.O.O=C(O)O.[H-].[Na+]. The number of rotatable bonds is 0. The smallest absolute Gasteiger partial charge is 1.00 e. The molecule has 0 aliphatic heterocycles. The van der Waals surface area contributed by atoms with Crippen molar-refractivity contribution in [3.8, 4) is 0 Å². The molecule has 0 saturated heterocycles. The van der Waals surface area contributed by atoms with Gasteiger partial charge in [-0.1, -0.05) is 0 Å². The van der Waals surface area contributed by atoms with Gasteiger partial charge in [-0.15, -0.1) is 0 Å². The summed E-state index contributed by atoms with van der Waals surface area (Å²) in [5.74, 6) is 0. The number of hydrogen-bond acceptors (Lipinski definition) is 1. The van der Waals surface area contributed by atoms with Crippen molar-refractivity contribution in [2.45, 2.75) is 0 Å². The van der Waals surface area contributed by atoms with E-state index in [4.69, 9.17) is 15.0 Å². The molecule has 0 amide bonds. The van der Waals surface area contributed by atoms with Crippen LogP contribution in [0.4, 0.5) is 4.79 Å². The van der Waals surface area contributed by atoms with Gasteiger partial charge in [0.05, 0.1) is 0 Å². The summed E-state index contributed by atoms with van der Waals surface area (Å²) in [5, 5.41) is 13.9. The molecule has 14 N–H and O–H groups in total. The fourth-order valence-corrected chi connectivity index (χ4v) is 0. The monoisotopic (exact) mass is 194 g/mol. The first-order chi connectivity index (χ1) is 1.73. The van der Waals surface area contributed by atoms with Crippen LogP contribution in [-0.2, 0) is 0 Å². The number of hydrogen-bond donors (Lipinski definition) is 2. The van der Waals surface area contributed by atoms with Gasteiger partial charge in [0.2, 0.25) is 0 Å². The molecular formula is CH15NaO9. The molecule has 0 rings (SSSR count). The molecule has 0 spiro atoms. The molecule has 0 radical (unpaired) electrons. The van der Waals surface area contributed by atoms with Gasteiger partial charge in [0.25, 0.3) is 0 Å². The third-order valence-corrected chi connectivity index (χ3v) is 0. The Labute approximate surface area is 85.3 Å². The van der Waals surface area contributed by atoms with Gasteiger partial charge in [-0.25, -0.2) is 4.79 Å². The van der Waals surface area contributed by atoms with Crippen molar-refractivity contribution >= 4 is 6.16 Å². The molecule has 0 bridgehead atoms. The molecule has 0 atom stereocenters. The first-order valence-corrected chi connectivity index (χ1v) is 0.651. The number of carboxylic acid groups (broad SMARTS) is 2. The molecule has 0 aromatic rings. The molecule has 0 aliphatic rings.